The zero-order chi connectivity index (χ0) is 13.1. The Bertz CT molecular complexity index is 418. The summed E-state index contributed by atoms with van der Waals surface area (Å²) >= 11 is 3.41. The maximum absolute atomic E-state index is 10.5. The minimum atomic E-state index is -1.27. The van der Waals surface area contributed by atoms with E-state index >= 15 is 0 Å². The molecule has 5 heteroatoms. The average Bonchev–Trinajstić information content (AvgIpc) is 2.14. The van der Waals surface area contributed by atoms with Crippen molar-refractivity contribution in [2.24, 2.45) is 0 Å². The minimum absolute atomic E-state index is 0.182. The zero-order valence-electron chi connectivity index (χ0n) is 9.83. The number of aliphatic hydroxyl groups is 1. The summed E-state index contributed by atoms with van der Waals surface area (Å²) in [6, 6.07) is 5.78. The van der Waals surface area contributed by atoms with E-state index in [9.17, 15) is 9.90 Å². The number of nitrogens with one attached hydrogen (secondary N) is 1. The van der Waals surface area contributed by atoms with Crippen LogP contribution in [0.4, 0.5) is 5.69 Å². The van der Waals surface area contributed by atoms with E-state index in [0.717, 1.165) is 15.7 Å². The SMILES string of the molecule is Cc1ccc(NCC(C)(O)CC(=O)O)c(Br)c1. The van der Waals surface area contributed by atoms with Crippen LogP contribution in [0.3, 0.4) is 0 Å². The van der Waals surface area contributed by atoms with Crippen LogP contribution >= 0.6 is 15.9 Å². The lowest BCUT2D eigenvalue weighted by Crippen LogP contribution is -2.35. The van der Waals surface area contributed by atoms with Crippen LogP contribution in [0.15, 0.2) is 22.7 Å². The standard InChI is InChI=1S/C12H16BrNO3/c1-8-3-4-10(9(13)5-8)14-7-12(2,17)6-11(15)16/h3-5,14,17H,6-7H2,1-2H3,(H,15,16). The van der Waals surface area contributed by atoms with Crippen molar-refractivity contribution in [3.05, 3.63) is 28.2 Å². The quantitative estimate of drug-likeness (QED) is 0.781. The van der Waals surface area contributed by atoms with E-state index in [-0.39, 0.29) is 13.0 Å². The third kappa shape index (κ3) is 4.75. The molecular weight excluding hydrogens is 286 g/mol. The van der Waals surface area contributed by atoms with Crippen molar-refractivity contribution in [1.82, 2.24) is 0 Å². The maximum Gasteiger partial charge on any atom is 0.306 e. The van der Waals surface area contributed by atoms with Gasteiger partial charge in [0.1, 0.15) is 0 Å². The summed E-state index contributed by atoms with van der Waals surface area (Å²) < 4.78 is 0.892. The van der Waals surface area contributed by atoms with E-state index in [1.165, 1.54) is 6.92 Å². The average molecular weight is 302 g/mol. The van der Waals surface area contributed by atoms with Crippen LogP contribution in [-0.2, 0) is 4.79 Å². The third-order valence-electron chi connectivity index (χ3n) is 2.32. The number of hydrogen-bond acceptors (Lipinski definition) is 3. The molecule has 0 saturated heterocycles. The molecule has 1 unspecified atom stereocenters. The highest BCUT2D eigenvalue weighted by Crippen LogP contribution is 2.24. The summed E-state index contributed by atoms with van der Waals surface area (Å²) in [7, 11) is 0. The van der Waals surface area contributed by atoms with Gasteiger partial charge < -0.3 is 15.5 Å². The van der Waals surface area contributed by atoms with Gasteiger partial charge in [-0.05, 0) is 47.5 Å². The van der Waals surface area contributed by atoms with E-state index in [1.54, 1.807) is 0 Å². The number of rotatable bonds is 5. The van der Waals surface area contributed by atoms with Crippen LogP contribution < -0.4 is 5.32 Å². The van der Waals surface area contributed by atoms with Gasteiger partial charge in [0.2, 0.25) is 0 Å². The molecule has 17 heavy (non-hydrogen) atoms. The molecule has 0 saturated carbocycles. The molecule has 0 radical (unpaired) electrons. The molecule has 0 aromatic heterocycles. The lowest BCUT2D eigenvalue weighted by molar-refractivity contribution is -0.141. The van der Waals surface area contributed by atoms with Crippen LogP contribution in [-0.4, -0.2) is 28.3 Å². The summed E-state index contributed by atoms with van der Waals surface area (Å²) in [5, 5.41) is 21.5. The Hall–Kier alpha value is -1.07. The summed E-state index contributed by atoms with van der Waals surface area (Å²) in [5.74, 6) is -1.01. The van der Waals surface area contributed by atoms with Gasteiger partial charge in [-0.1, -0.05) is 6.07 Å². The highest BCUT2D eigenvalue weighted by Gasteiger charge is 2.24. The lowest BCUT2D eigenvalue weighted by Gasteiger charge is -2.22. The molecular formula is C12H16BrNO3. The number of halogens is 1. The Kier molecular flexibility index (Phi) is 4.54. The number of carbonyl (C=O) groups is 1. The molecule has 0 amide bonds. The molecule has 0 aliphatic carbocycles. The summed E-state index contributed by atoms with van der Waals surface area (Å²) in [6.45, 7) is 3.66. The van der Waals surface area contributed by atoms with Crippen LogP contribution in [0.2, 0.25) is 0 Å². The first-order valence-corrected chi connectivity index (χ1v) is 6.04. The van der Waals surface area contributed by atoms with E-state index in [2.05, 4.69) is 21.2 Å². The van der Waals surface area contributed by atoms with Gasteiger partial charge >= 0.3 is 5.97 Å². The number of carboxylic acids is 1. The number of carboxylic acid groups (broad SMARTS) is 1. The normalized spacial score (nSPS) is 14.1. The largest absolute Gasteiger partial charge is 0.481 e. The highest BCUT2D eigenvalue weighted by atomic mass is 79.9. The van der Waals surface area contributed by atoms with Gasteiger partial charge in [0.15, 0.2) is 0 Å². The van der Waals surface area contributed by atoms with Gasteiger partial charge in [-0.3, -0.25) is 4.79 Å². The van der Waals surface area contributed by atoms with Crippen LogP contribution in [0.5, 0.6) is 0 Å². The third-order valence-corrected chi connectivity index (χ3v) is 2.97. The Morgan fingerprint density at radius 2 is 2.18 bits per heavy atom. The molecule has 0 bridgehead atoms. The van der Waals surface area contributed by atoms with Gasteiger partial charge in [-0.15, -0.1) is 0 Å². The molecule has 94 valence electrons. The monoisotopic (exact) mass is 301 g/mol. The van der Waals surface area contributed by atoms with Crippen molar-refractivity contribution in [3.63, 3.8) is 0 Å². The molecule has 1 atom stereocenters. The van der Waals surface area contributed by atoms with Crippen molar-refractivity contribution in [1.29, 1.82) is 0 Å². The van der Waals surface area contributed by atoms with E-state index in [4.69, 9.17) is 5.11 Å². The molecule has 4 nitrogen and oxygen atoms in total. The number of aryl methyl sites for hydroxylation is 1. The van der Waals surface area contributed by atoms with Crippen molar-refractivity contribution in [2.75, 3.05) is 11.9 Å². The molecule has 0 fully saturated rings. The van der Waals surface area contributed by atoms with Crippen LogP contribution in [0.25, 0.3) is 0 Å². The predicted molar refractivity (Wildman–Crippen MR) is 70.2 cm³/mol. The Balaban J connectivity index is 2.64. The smallest absolute Gasteiger partial charge is 0.306 e. The number of benzene rings is 1. The maximum atomic E-state index is 10.5. The summed E-state index contributed by atoms with van der Waals surface area (Å²) in [5.41, 5.74) is 0.692. The van der Waals surface area contributed by atoms with E-state index < -0.39 is 11.6 Å². The van der Waals surface area contributed by atoms with Crippen molar-refractivity contribution >= 4 is 27.6 Å². The van der Waals surface area contributed by atoms with Crippen LogP contribution in [0.1, 0.15) is 18.9 Å². The summed E-state index contributed by atoms with van der Waals surface area (Å²) in [4.78, 5) is 10.5. The fraction of sp³-hybridized carbons (Fsp3) is 0.417. The molecule has 0 aliphatic rings. The molecule has 0 spiro atoms. The lowest BCUT2D eigenvalue weighted by atomic mass is 10.0. The fourth-order valence-corrected chi connectivity index (χ4v) is 2.07. The second-order valence-electron chi connectivity index (χ2n) is 4.40. The number of hydrogen-bond donors (Lipinski definition) is 3. The summed E-state index contributed by atoms with van der Waals surface area (Å²) in [6.07, 6.45) is -0.288. The van der Waals surface area contributed by atoms with E-state index in [0.29, 0.717) is 0 Å². The minimum Gasteiger partial charge on any atom is -0.481 e. The predicted octanol–water partition coefficient (Wildman–Crippen LogP) is 2.40. The first-order valence-electron chi connectivity index (χ1n) is 5.24. The molecule has 0 heterocycles. The Morgan fingerprint density at radius 1 is 1.53 bits per heavy atom. The first-order chi connectivity index (χ1) is 7.80. The van der Waals surface area contributed by atoms with Gasteiger partial charge in [0.25, 0.3) is 0 Å². The molecule has 1 rings (SSSR count). The second kappa shape index (κ2) is 5.51. The zero-order valence-corrected chi connectivity index (χ0v) is 11.4. The van der Waals surface area contributed by atoms with E-state index in [1.807, 2.05) is 25.1 Å². The second-order valence-corrected chi connectivity index (χ2v) is 5.26. The molecule has 0 aliphatic heterocycles. The van der Waals surface area contributed by atoms with Gasteiger partial charge in [0.05, 0.1) is 12.0 Å². The molecule has 1 aromatic rings. The highest BCUT2D eigenvalue weighted by molar-refractivity contribution is 9.10. The van der Waals surface area contributed by atoms with Gasteiger partial charge in [-0.25, -0.2) is 0 Å². The topological polar surface area (TPSA) is 69.6 Å². The van der Waals surface area contributed by atoms with Crippen molar-refractivity contribution in [2.45, 2.75) is 25.9 Å². The van der Waals surface area contributed by atoms with Crippen molar-refractivity contribution < 1.29 is 15.0 Å². The Labute approximate surface area is 109 Å². The van der Waals surface area contributed by atoms with Crippen molar-refractivity contribution in [3.8, 4) is 0 Å². The number of aliphatic carboxylic acids is 1. The first kappa shape index (κ1) is 14.0. The molecule has 1 aromatic carbocycles. The fourth-order valence-electron chi connectivity index (χ4n) is 1.44. The van der Waals surface area contributed by atoms with Gasteiger partial charge in [0, 0.05) is 16.7 Å². The Morgan fingerprint density at radius 3 is 2.71 bits per heavy atom. The van der Waals surface area contributed by atoms with Crippen LogP contribution in [0, 0.1) is 6.92 Å². The van der Waals surface area contributed by atoms with Gasteiger partial charge in [-0.2, -0.15) is 0 Å². The number of anilines is 1. The molecule has 3 N–H and O–H groups in total.